The highest BCUT2D eigenvalue weighted by atomic mass is 16.4. The van der Waals surface area contributed by atoms with Crippen molar-refractivity contribution < 1.29 is 4.42 Å². The van der Waals surface area contributed by atoms with Crippen molar-refractivity contribution in [2.24, 2.45) is 0 Å². The molecule has 0 saturated carbocycles. The van der Waals surface area contributed by atoms with Crippen LogP contribution in [-0.2, 0) is 0 Å². The number of hydrogen-bond donors (Lipinski definition) is 0. The number of para-hydroxylation sites is 1. The maximum atomic E-state index is 11.7. The quantitative estimate of drug-likeness (QED) is 0.421. The summed E-state index contributed by atoms with van der Waals surface area (Å²) in [6, 6.07) is 13.4. The van der Waals surface area contributed by atoms with Gasteiger partial charge in [0.2, 0.25) is 0 Å². The molecule has 0 aliphatic carbocycles. The highest BCUT2D eigenvalue weighted by molar-refractivity contribution is 6.04. The van der Waals surface area contributed by atoms with Gasteiger partial charge in [-0.3, -0.25) is 0 Å². The van der Waals surface area contributed by atoms with Crippen LogP contribution in [0, 0.1) is 6.92 Å². The molecule has 1 heterocycles. The molecule has 0 aliphatic heterocycles. The molecule has 0 aliphatic rings. The van der Waals surface area contributed by atoms with Crippen LogP contribution in [0.5, 0.6) is 0 Å². The predicted octanol–water partition coefficient (Wildman–Crippen LogP) is 3.25. The van der Waals surface area contributed by atoms with Crippen LogP contribution in [-0.4, -0.2) is 0 Å². The summed E-state index contributed by atoms with van der Waals surface area (Å²) >= 11 is 0. The second-order valence-electron chi connectivity index (χ2n) is 3.93. The first-order valence-corrected chi connectivity index (χ1v) is 5.18. The summed E-state index contributed by atoms with van der Waals surface area (Å²) in [7, 11) is 0. The van der Waals surface area contributed by atoms with Crippen molar-refractivity contribution >= 4 is 21.7 Å². The van der Waals surface area contributed by atoms with Crippen LogP contribution < -0.4 is 5.63 Å². The fraction of sp³-hybridized carbons (Fsp3) is 0.0714. The summed E-state index contributed by atoms with van der Waals surface area (Å²) in [6.07, 6.45) is 0. The molecule has 0 N–H and O–H groups in total. The Morgan fingerprint density at radius 3 is 2.62 bits per heavy atom. The van der Waals surface area contributed by atoms with Crippen molar-refractivity contribution in [3.05, 3.63) is 58.4 Å². The van der Waals surface area contributed by atoms with Gasteiger partial charge in [0.15, 0.2) is 0 Å². The van der Waals surface area contributed by atoms with Crippen LogP contribution >= 0.6 is 0 Å². The minimum atomic E-state index is -0.270. The molecule has 0 unspecified atom stereocenters. The predicted molar refractivity (Wildman–Crippen MR) is 64.7 cm³/mol. The van der Waals surface area contributed by atoms with E-state index in [9.17, 15) is 4.79 Å². The monoisotopic (exact) mass is 210 g/mol. The minimum Gasteiger partial charge on any atom is -0.422 e. The van der Waals surface area contributed by atoms with E-state index in [1.54, 1.807) is 0 Å². The summed E-state index contributed by atoms with van der Waals surface area (Å²) in [6.45, 7) is 2.02. The lowest BCUT2D eigenvalue weighted by Crippen LogP contribution is -1.99. The van der Waals surface area contributed by atoms with E-state index >= 15 is 0 Å². The van der Waals surface area contributed by atoms with Crippen LogP contribution in [0.3, 0.4) is 0 Å². The van der Waals surface area contributed by atoms with E-state index in [-0.39, 0.29) is 5.63 Å². The number of aryl methyl sites for hydroxylation is 1. The number of fused-ring (bicyclic) bond motifs is 3. The third-order valence-corrected chi connectivity index (χ3v) is 2.77. The Balaban J connectivity index is 2.67. The molecule has 3 aromatic rings. The van der Waals surface area contributed by atoms with Gasteiger partial charge in [0, 0.05) is 10.8 Å². The molecule has 0 radical (unpaired) electrons. The molecule has 16 heavy (non-hydrogen) atoms. The minimum absolute atomic E-state index is 0.270. The molecule has 0 spiro atoms. The van der Waals surface area contributed by atoms with E-state index in [0.717, 1.165) is 16.3 Å². The van der Waals surface area contributed by atoms with Crippen molar-refractivity contribution in [2.75, 3.05) is 0 Å². The van der Waals surface area contributed by atoms with E-state index in [1.807, 2.05) is 49.4 Å². The van der Waals surface area contributed by atoms with Gasteiger partial charge < -0.3 is 4.42 Å². The average Bonchev–Trinajstić information content (AvgIpc) is 2.29. The zero-order valence-electron chi connectivity index (χ0n) is 8.86. The van der Waals surface area contributed by atoms with Gasteiger partial charge in [-0.25, -0.2) is 4.79 Å². The molecule has 2 aromatic carbocycles. The van der Waals surface area contributed by atoms with Crippen LogP contribution in [0.15, 0.2) is 51.7 Å². The Kier molecular flexibility index (Phi) is 1.83. The van der Waals surface area contributed by atoms with Gasteiger partial charge in [0.1, 0.15) is 5.58 Å². The van der Waals surface area contributed by atoms with Gasteiger partial charge in [0.05, 0.1) is 5.39 Å². The molecule has 0 fully saturated rings. The third kappa shape index (κ3) is 1.23. The summed E-state index contributed by atoms with van der Waals surface area (Å²) in [5.41, 5.74) is 1.52. The fourth-order valence-electron chi connectivity index (χ4n) is 1.99. The first-order chi connectivity index (χ1) is 7.75. The van der Waals surface area contributed by atoms with Crippen molar-refractivity contribution in [3.8, 4) is 0 Å². The van der Waals surface area contributed by atoms with E-state index in [4.69, 9.17) is 4.42 Å². The molecule has 0 bridgehead atoms. The fourth-order valence-corrected chi connectivity index (χ4v) is 1.99. The lowest BCUT2D eigenvalue weighted by atomic mass is 10.1. The molecule has 0 amide bonds. The van der Waals surface area contributed by atoms with Crippen molar-refractivity contribution in [3.63, 3.8) is 0 Å². The Hall–Kier alpha value is -2.09. The molecule has 1 aromatic heterocycles. The van der Waals surface area contributed by atoms with Gasteiger partial charge in [-0.15, -0.1) is 0 Å². The zero-order valence-corrected chi connectivity index (χ0v) is 8.86. The number of hydrogen-bond acceptors (Lipinski definition) is 2. The van der Waals surface area contributed by atoms with Crippen LogP contribution in [0.2, 0.25) is 0 Å². The lowest BCUT2D eigenvalue weighted by molar-refractivity contribution is 0.569. The molecule has 3 rings (SSSR count). The Morgan fingerprint density at radius 1 is 0.938 bits per heavy atom. The third-order valence-electron chi connectivity index (χ3n) is 2.77. The second-order valence-corrected chi connectivity index (χ2v) is 3.93. The normalized spacial score (nSPS) is 11.1. The smallest absolute Gasteiger partial charge is 0.344 e. The van der Waals surface area contributed by atoms with Gasteiger partial charge in [-0.2, -0.15) is 0 Å². The van der Waals surface area contributed by atoms with Gasteiger partial charge in [-0.05, 0) is 19.1 Å². The largest absolute Gasteiger partial charge is 0.422 e. The van der Waals surface area contributed by atoms with Crippen molar-refractivity contribution in [2.45, 2.75) is 6.92 Å². The van der Waals surface area contributed by atoms with E-state index in [2.05, 4.69) is 0 Å². The first-order valence-electron chi connectivity index (χ1n) is 5.18. The standard InChI is InChI=1S/C14H10O2/c1-9-6-7-11-12(8-9)10-4-2-3-5-13(10)16-14(11)15/h2-8H,1H3. The number of benzene rings is 2. The Labute approximate surface area is 92.1 Å². The molecular formula is C14H10O2. The van der Waals surface area contributed by atoms with Crippen LogP contribution in [0.1, 0.15) is 5.56 Å². The van der Waals surface area contributed by atoms with E-state index in [0.29, 0.717) is 11.0 Å². The summed E-state index contributed by atoms with van der Waals surface area (Å²) < 4.78 is 5.26. The zero-order chi connectivity index (χ0) is 11.1. The lowest BCUT2D eigenvalue weighted by Gasteiger charge is -2.02. The number of rotatable bonds is 0. The topological polar surface area (TPSA) is 30.2 Å². The van der Waals surface area contributed by atoms with Crippen molar-refractivity contribution in [1.29, 1.82) is 0 Å². The van der Waals surface area contributed by atoms with E-state index < -0.39 is 0 Å². The summed E-state index contributed by atoms with van der Waals surface area (Å²) in [5, 5.41) is 2.59. The first kappa shape index (κ1) is 9.16. The van der Waals surface area contributed by atoms with Crippen molar-refractivity contribution in [1.82, 2.24) is 0 Å². The van der Waals surface area contributed by atoms with Crippen LogP contribution in [0.25, 0.3) is 21.7 Å². The molecule has 2 heteroatoms. The molecule has 2 nitrogen and oxygen atoms in total. The Morgan fingerprint density at radius 2 is 1.75 bits per heavy atom. The molecule has 78 valence electrons. The molecule has 0 atom stereocenters. The molecule has 0 saturated heterocycles. The van der Waals surface area contributed by atoms with Gasteiger partial charge >= 0.3 is 5.63 Å². The second kappa shape index (κ2) is 3.20. The summed E-state index contributed by atoms with van der Waals surface area (Å²) in [5.74, 6) is 0. The van der Waals surface area contributed by atoms with Gasteiger partial charge in [0.25, 0.3) is 0 Å². The van der Waals surface area contributed by atoms with E-state index in [1.165, 1.54) is 0 Å². The average molecular weight is 210 g/mol. The molecular weight excluding hydrogens is 200 g/mol. The maximum Gasteiger partial charge on any atom is 0.344 e. The maximum absolute atomic E-state index is 11.7. The highest BCUT2D eigenvalue weighted by Crippen LogP contribution is 2.23. The van der Waals surface area contributed by atoms with Gasteiger partial charge in [-0.1, -0.05) is 35.9 Å². The van der Waals surface area contributed by atoms with Crippen LogP contribution in [0.4, 0.5) is 0 Å². The summed E-state index contributed by atoms with van der Waals surface area (Å²) in [4.78, 5) is 11.7. The Bertz CT molecular complexity index is 738. The highest BCUT2D eigenvalue weighted by Gasteiger charge is 2.05. The SMILES string of the molecule is Cc1ccc2c(=O)oc3ccccc3c2c1.